The molecular formula is C23H38O5Si. The van der Waals surface area contributed by atoms with E-state index in [0.29, 0.717) is 19.6 Å². The molecule has 0 unspecified atom stereocenters. The van der Waals surface area contributed by atoms with Crippen molar-refractivity contribution < 1.29 is 23.8 Å². The van der Waals surface area contributed by atoms with Gasteiger partial charge in [-0.1, -0.05) is 46.4 Å². The van der Waals surface area contributed by atoms with Crippen molar-refractivity contribution >= 4 is 14.1 Å². The summed E-state index contributed by atoms with van der Waals surface area (Å²) in [6, 6.07) is 7.76. The Balaban J connectivity index is 2.77. The Labute approximate surface area is 177 Å². The van der Waals surface area contributed by atoms with Gasteiger partial charge < -0.3 is 19.0 Å². The van der Waals surface area contributed by atoms with Gasteiger partial charge in [-0.15, -0.1) is 0 Å². The van der Waals surface area contributed by atoms with E-state index in [-0.39, 0.29) is 35.0 Å². The fraction of sp³-hybridized carbons (Fsp3) is 0.609. The monoisotopic (exact) mass is 422 g/mol. The van der Waals surface area contributed by atoms with Gasteiger partial charge in [0.15, 0.2) is 14.1 Å². The van der Waals surface area contributed by atoms with Crippen LogP contribution >= 0.6 is 0 Å². The fourth-order valence-corrected chi connectivity index (χ4v) is 4.08. The predicted octanol–water partition coefficient (Wildman–Crippen LogP) is 4.75. The molecular weight excluding hydrogens is 384 g/mol. The molecule has 164 valence electrons. The third-order valence-corrected chi connectivity index (χ3v) is 10.2. The minimum atomic E-state index is -2.07. The van der Waals surface area contributed by atoms with E-state index in [1.54, 1.807) is 7.11 Å². The number of carbonyl (C=O) groups excluding carboxylic acids is 1. The second-order valence-corrected chi connectivity index (χ2v) is 13.8. The first-order valence-electron chi connectivity index (χ1n) is 10.1. The Morgan fingerprint density at radius 2 is 1.79 bits per heavy atom. The number of ether oxygens (including phenoxy) is 2. The zero-order valence-electron chi connectivity index (χ0n) is 19.1. The van der Waals surface area contributed by atoms with Crippen molar-refractivity contribution in [2.24, 2.45) is 5.92 Å². The molecule has 29 heavy (non-hydrogen) atoms. The van der Waals surface area contributed by atoms with E-state index in [1.807, 2.05) is 31.2 Å². The lowest BCUT2D eigenvalue weighted by Gasteiger charge is -2.40. The Bertz CT molecular complexity index is 661. The van der Waals surface area contributed by atoms with E-state index in [0.717, 1.165) is 11.3 Å². The number of hydrogen-bond acceptors (Lipinski definition) is 5. The summed E-state index contributed by atoms with van der Waals surface area (Å²) in [7, 11) is -0.429. The highest BCUT2D eigenvalue weighted by atomic mass is 28.4. The molecule has 0 aliphatic carbocycles. The summed E-state index contributed by atoms with van der Waals surface area (Å²) < 4.78 is 17.6. The number of aliphatic hydroxyl groups excluding tert-OH is 1. The highest BCUT2D eigenvalue weighted by molar-refractivity contribution is 6.74. The van der Waals surface area contributed by atoms with Gasteiger partial charge in [0.05, 0.1) is 26.4 Å². The number of aliphatic hydroxyl groups is 1. The number of Topliss-reactive ketones (excluding diaryl/α,β-unsaturated/α-hetero) is 1. The lowest BCUT2D eigenvalue weighted by molar-refractivity contribution is -0.122. The first kappa shape index (κ1) is 25.6. The molecule has 1 N–H and O–H groups in total. The quantitative estimate of drug-likeness (QED) is 0.299. The van der Waals surface area contributed by atoms with Gasteiger partial charge in [0.1, 0.15) is 5.75 Å². The number of benzene rings is 1. The maximum atomic E-state index is 12.6. The van der Waals surface area contributed by atoms with Crippen molar-refractivity contribution in [1.29, 1.82) is 0 Å². The molecule has 5 nitrogen and oxygen atoms in total. The van der Waals surface area contributed by atoms with E-state index >= 15 is 0 Å². The van der Waals surface area contributed by atoms with E-state index < -0.39 is 8.32 Å². The lowest BCUT2D eigenvalue weighted by Crippen LogP contribution is -2.47. The molecule has 0 radical (unpaired) electrons. The molecule has 0 bridgehead atoms. The zero-order chi connectivity index (χ0) is 22.2. The van der Waals surface area contributed by atoms with Gasteiger partial charge in [-0.25, -0.2) is 0 Å². The second-order valence-electron chi connectivity index (χ2n) is 9.02. The van der Waals surface area contributed by atoms with Crippen LogP contribution in [0.1, 0.15) is 39.7 Å². The van der Waals surface area contributed by atoms with Crippen molar-refractivity contribution in [1.82, 2.24) is 0 Å². The Hall–Kier alpha value is -1.47. The van der Waals surface area contributed by atoms with Gasteiger partial charge in [-0.2, -0.15) is 0 Å². The zero-order valence-corrected chi connectivity index (χ0v) is 20.1. The molecule has 0 fully saturated rings. The third kappa shape index (κ3) is 7.70. The third-order valence-electron chi connectivity index (χ3n) is 5.74. The molecule has 1 aromatic carbocycles. The molecule has 2 atom stereocenters. The normalized spacial score (nSPS) is 14.3. The van der Waals surface area contributed by atoms with Crippen molar-refractivity contribution in [3.63, 3.8) is 0 Å². The van der Waals surface area contributed by atoms with Crippen LogP contribution in [0.15, 0.2) is 36.4 Å². The fourth-order valence-electron chi connectivity index (χ4n) is 2.65. The van der Waals surface area contributed by atoms with Gasteiger partial charge in [0, 0.05) is 18.1 Å². The Morgan fingerprint density at radius 3 is 2.28 bits per heavy atom. The van der Waals surface area contributed by atoms with E-state index in [2.05, 4.69) is 40.4 Å². The van der Waals surface area contributed by atoms with E-state index in [4.69, 9.17) is 13.9 Å². The topological polar surface area (TPSA) is 65.0 Å². The number of ketones is 1. The summed E-state index contributed by atoms with van der Waals surface area (Å²) >= 11 is 0. The summed E-state index contributed by atoms with van der Waals surface area (Å²) in [5.74, 6) is 0.285. The molecule has 1 rings (SSSR count). The number of methoxy groups -OCH3 is 1. The summed E-state index contributed by atoms with van der Waals surface area (Å²) in [5, 5.41) is 9.32. The van der Waals surface area contributed by atoms with Crippen molar-refractivity contribution in [3.05, 3.63) is 42.0 Å². The minimum Gasteiger partial charge on any atom is -0.497 e. The van der Waals surface area contributed by atoms with Crippen molar-refractivity contribution in [2.75, 3.05) is 20.3 Å². The molecule has 0 saturated carbocycles. The molecule has 0 aliphatic rings. The summed E-state index contributed by atoms with van der Waals surface area (Å²) in [6.45, 7) is 17.1. The molecule has 0 amide bonds. The molecule has 6 heteroatoms. The van der Waals surface area contributed by atoms with Gasteiger partial charge >= 0.3 is 0 Å². The largest absolute Gasteiger partial charge is 0.497 e. The second kappa shape index (κ2) is 11.1. The molecule has 0 saturated heterocycles. The molecule has 0 aliphatic heterocycles. The summed E-state index contributed by atoms with van der Waals surface area (Å²) in [5.41, 5.74) is 1.28. The molecule has 0 spiro atoms. The summed E-state index contributed by atoms with van der Waals surface area (Å²) in [4.78, 5) is 12.6. The average Bonchev–Trinajstić information content (AvgIpc) is 2.67. The SMILES string of the molecule is C=C(CO)C(=O)[C@H](C)[C@H](CCOCc1ccc(OC)cc1)O[Si](C)(C)C(C)(C)C. The van der Waals surface area contributed by atoms with Gasteiger partial charge in [-0.3, -0.25) is 4.79 Å². The van der Waals surface area contributed by atoms with Crippen LogP contribution in [0, 0.1) is 5.92 Å². The van der Waals surface area contributed by atoms with Gasteiger partial charge in [-0.05, 0) is 42.2 Å². The number of hydrogen-bond donors (Lipinski definition) is 1. The maximum absolute atomic E-state index is 12.6. The number of rotatable bonds is 12. The predicted molar refractivity (Wildman–Crippen MR) is 120 cm³/mol. The highest BCUT2D eigenvalue weighted by Gasteiger charge is 2.41. The van der Waals surface area contributed by atoms with Crippen LogP contribution < -0.4 is 4.74 Å². The van der Waals surface area contributed by atoms with E-state index in [1.165, 1.54) is 0 Å². The van der Waals surface area contributed by atoms with Crippen LogP contribution in [-0.2, 0) is 20.6 Å². The standard InChI is InChI=1S/C23H38O5Si/c1-17(15-24)22(25)18(2)21(28-29(7,8)23(3,4)5)13-14-27-16-19-9-11-20(26-6)12-10-19/h9-12,18,21,24H,1,13-16H2,2-8H3/t18-,21+/m1/s1. The van der Waals surface area contributed by atoms with Crippen LogP contribution in [0.4, 0.5) is 0 Å². The smallest absolute Gasteiger partial charge is 0.192 e. The van der Waals surface area contributed by atoms with Crippen LogP contribution in [0.5, 0.6) is 5.75 Å². The molecule has 1 aromatic rings. The number of carbonyl (C=O) groups is 1. The average molecular weight is 423 g/mol. The van der Waals surface area contributed by atoms with Gasteiger partial charge in [0.2, 0.25) is 0 Å². The molecule has 0 aromatic heterocycles. The minimum absolute atomic E-state index is 0.0337. The summed E-state index contributed by atoms with van der Waals surface area (Å²) in [6.07, 6.45) is 0.330. The van der Waals surface area contributed by atoms with Crippen molar-refractivity contribution in [2.45, 2.75) is 65.0 Å². The first-order chi connectivity index (χ1) is 13.4. The van der Waals surface area contributed by atoms with Crippen LogP contribution in [0.3, 0.4) is 0 Å². The van der Waals surface area contributed by atoms with Crippen LogP contribution in [0.2, 0.25) is 18.1 Å². The highest BCUT2D eigenvalue weighted by Crippen LogP contribution is 2.38. The first-order valence-corrected chi connectivity index (χ1v) is 13.0. The van der Waals surface area contributed by atoms with Crippen molar-refractivity contribution in [3.8, 4) is 5.75 Å². The van der Waals surface area contributed by atoms with Crippen LogP contribution in [0.25, 0.3) is 0 Å². The van der Waals surface area contributed by atoms with Crippen LogP contribution in [-0.4, -0.2) is 45.6 Å². The van der Waals surface area contributed by atoms with E-state index in [9.17, 15) is 9.90 Å². The van der Waals surface area contributed by atoms with Gasteiger partial charge in [0.25, 0.3) is 0 Å². The molecule has 0 heterocycles. The lowest BCUT2D eigenvalue weighted by atomic mass is 9.93. The Morgan fingerprint density at radius 1 is 1.21 bits per heavy atom. The maximum Gasteiger partial charge on any atom is 0.192 e. The Kier molecular flexibility index (Phi) is 9.75.